The number of benzene rings is 1. The molecule has 0 fully saturated rings. The van der Waals surface area contributed by atoms with Gasteiger partial charge in [-0.3, -0.25) is 14.6 Å². The SMILES string of the molecule is O=C(CCC(=O)c1ccccn1)c1ccc2c(c1)OC(F)(F)C(F)(F)O2. The Morgan fingerprint density at radius 2 is 1.54 bits per heavy atom. The molecule has 0 unspecified atom stereocenters. The molecule has 1 aromatic heterocycles. The summed E-state index contributed by atoms with van der Waals surface area (Å²) < 4.78 is 60.5. The predicted molar refractivity (Wildman–Crippen MR) is 79.7 cm³/mol. The van der Waals surface area contributed by atoms with Gasteiger partial charge in [-0.2, -0.15) is 17.6 Å². The highest BCUT2D eigenvalue weighted by Crippen LogP contribution is 2.47. The van der Waals surface area contributed by atoms with Crippen LogP contribution in [0, 0.1) is 0 Å². The second-order valence-corrected chi connectivity index (χ2v) is 5.46. The van der Waals surface area contributed by atoms with Crippen molar-refractivity contribution in [2.75, 3.05) is 0 Å². The number of halogens is 4. The number of ether oxygens (including phenoxy) is 2. The van der Waals surface area contributed by atoms with Crippen molar-refractivity contribution in [3.63, 3.8) is 0 Å². The minimum absolute atomic E-state index is 0.0674. The molecule has 9 heteroatoms. The predicted octanol–water partition coefficient (Wildman–Crippen LogP) is 3.88. The van der Waals surface area contributed by atoms with Gasteiger partial charge in [0, 0.05) is 24.6 Å². The quantitative estimate of drug-likeness (QED) is 0.591. The van der Waals surface area contributed by atoms with Crippen LogP contribution in [-0.2, 0) is 0 Å². The number of hydrogen-bond acceptors (Lipinski definition) is 5. The van der Waals surface area contributed by atoms with E-state index < -0.39 is 29.5 Å². The normalized spacial score (nSPS) is 16.8. The van der Waals surface area contributed by atoms with Gasteiger partial charge in [-0.15, -0.1) is 0 Å². The third-order valence-corrected chi connectivity index (χ3v) is 3.61. The number of aromatic nitrogens is 1. The minimum Gasteiger partial charge on any atom is -0.421 e. The Hall–Kier alpha value is -2.97. The molecule has 1 aliphatic heterocycles. The number of pyridine rings is 1. The van der Waals surface area contributed by atoms with Crippen LogP contribution < -0.4 is 9.47 Å². The summed E-state index contributed by atoms with van der Waals surface area (Å²) in [4.78, 5) is 27.9. The number of fused-ring (bicyclic) bond motifs is 1. The molecule has 0 spiro atoms. The Balaban J connectivity index is 1.71. The van der Waals surface area contributed by atoms with Gasteiger partial charge in [0.2, 0.25) is 0 Å². The molecule has 0 aliphatic carbocycles. The molecule has 5 nitrogen and oxygen atoms in total. The highest BCUT2D eigenvalue weighted by molar-refractivity contribution is 6.01. The Labute approximate surface area is 144 Å². The van der Waals surface area contributed by atoms with Crippen LogP contribution in [0.15, 0.2) is 42.6 Å². The zero-order valence-electron chi connectivity index (χ0n) is 13.0. The van der Waals surface area contributed by atoms with Crippen LogP contribution in [0.2, 0.25) is 0 Å². The van der Waals surface area contributed by atoms with Crippen molar-refractivity contribution in [2.45, 2.75) is 25.1 Å². The van der Waals surface area contributed by atoms with Crippen molar-refractivity contribution in [1.82, 2.24) is 4.98 Å². The first-order chi connectivity index (χ1) is 12.2. The topological polar surface area (TPSA) is 65.5 Å². The van der Waals surface area contributed by atoms with Crippen LogP contribution in [0.5, 0.6) is 11.5 Å². The van der Waals surface area contributed by atoms with Crippen molar-refractivity contribution in [1.29, 1.82) is 0 Å². The fraction of sp³-hybridized carbons (Fsp3) is 0.235. The number of Topliss-reactive ketones (excluding diaryl/α,β-unsaturated/α-hetero) is 2. The Bertz CT molecular complexity index is 855. The molecule has 0 N–H and O–H groups in total. The van der Waals surface area contributed by atoms with Gasteiger partial charge in [-0.1, -0.05) is 6.07 Å². The van der Waals surface area contributed by atoms with Crippen molar-refractivity contribution < 1.29 is 36.6 Å². The minimum atomic E-state index is -4.86. The van der Waals surface area contributed by atoms with Crippen molar-refractivity contribution in [3.8, 4) is 11.5 Å². The summed E-state index contributed by atoms with van der Waals surface area (Å²) in [5.41, 5.74) is 0.131. The molecule has 2 heterocycles. The summed E-state index contributed by atoms with van der Waals surface area (Å²) in [6.45, 7) is 0. The number of nitrogens with zero attached hydrogens (tertiary/aromatic N) is 1. The molecule has 0 atom stereocenters. The molecule has 1 aromatic carbocycles. The second kappa shape index (κ2) is 6.40. The Morgan fingerprint density at radius 1 is 0.885 bits per heavy atom. The Kier molecular flexibility index (Phi) is 4.39. The number of ketones is 2. The Morgan fingerprint density at radius 3 is 2.19 bits per heavy atom. The fourth-order valence-corrected chi connectivity index (χ4v) is 2.27. The lowest BCUT2D eigenvalue weighted by Gasteiger charge is -2.31. The van der Waals surface area contributed by atoms with E-state index in [4.69, 9.17) is 0 Å². The van der Waals surface area contributed by atoms with E-state index in [-0.39, 0.29) is 29.9 Å². The lowest BCUT2D eigenvalue weighted by atomic mass is 10.0. The first-order valence-corrected chi connectivity index (χ1v) is 7.45. The maximum atomic E-state index is 13.2. The molecule has 2 aromatic rings. The largest absolute Gasteiger partial charge is 0.507 e. The molecule has 0 bridgehead atoms. The summed E-state index contributed by atoms with van der Waals surface area (Å²) >= 11 is 0. The van der Waals surface area contributed by atoms with Gasteiger partial charge in [0.1, 0.15) is 5.69 Å². The number of hydrogen-bond donors (Lipinski definition) is 0. The third-order valence-electron chi connectivity index (χ3n) is 3.61. The summed E-state index contributed by atoms with van der Waals surface area (Å²) in [6.07, 6.45) is -8.59. The molecule has 26 heavy (non-hydrogen) atoms. The van der Waals surface area contributed by atoms with E-state index in [2.05, 4.69) is 14.5 Å². The first kappa shape index (κ1) is 17.8. The summed E-state index contributed by atoms with van der Waals surface area (Å²) in [5, 5.41) is 0. The van der Waals surface area contributed by atoms with Gasteiger partial charge in [0.05, 0.1) is 0 Å². The van der Waals surface area contributed by atoms with E-state index in [1.807, 2.05) is 0 Å². The highest BCUT2D eigenvalue weighted by atomic mass is 19.3. The molecular weight excluding hydrogens is 358 g/mol. The molecule has 0 radical (unpaired) electrons. The molecule has 136 valence electrons. The second-order valence-electron chi connectivity index (χ2n) is 5.46. The highest BCUT2D eigenvalue weighted by Gasteiger charge is 2.65. The van der Waals surface area contributed by atoms with E-state index in [0.29, 0.717) is 0 Å². The maximum Gasteiger partial charge on any atom is 0.507 e. The van der Waals surface area contributed by atoms with Crippen LogP contribution in [-0.4, -0.2) is 28.8 Å². The lowest BCUT2D eigenvalue weighted by Crippen LogP contribution is -2.52. The first-order valence-electron chi connectivity index (χ1n) is 7.45. The number of carbonyl (C=O) groups is 2. The van der Waals surface area contributed by atoms with Crippen LogP contribution in [0.25, 0.3) is 0 Å². The van der Waals surface area contributed by atoms with E-state index >= 15 is 0 Å². The monoisotopic (exact) mass is 369 g/mol. The molecule has 0 amide bonds. The molecule has 3 rings (SSSR count). The van der Waals surface area contributed by atoms with Crippen molar-refractivity contribution in [2.24, 2.45) is 0 Å². The van der Waals surface area contributed by atoms with Gasteiger partial charge < -0.3 is 9.47 Å². The average molecular weight is 369 g/mol. The summed E-state index contributed by atoms with van der Waals surface area (Å²) in [7, 11) is 0. The average Bonchev–Trinajstić information content (AvgIpc) is 2.60. The standard InChI is InChI=1S/C17H11F4NO4/c18-16(19)17(20,21)26-15-9-10(4-7-14(15)25-16)12(23)5-6-13(24)11-3-1-2-8-22-11/h1-4,7-9H,5-6H2. The smallest absolute Gasteiger partial charge is 0.421 e. The van der Waals surface area contributed by atoms with Gasteiger partial charge in [-0.05, 0) is 30.3 Å². The maximum absolute atomic E-state index is 13.2. The van der Waals surface area contributed by atoms with Crippen LogP contribution >= 0.6 is 0 Å². The van der Waals surface area contributed by atoms with E-state index in [0.717, 1.165) is 18.2 Å². The van der Waals surface area contributed by atoms with Gasteiger partial charge in [-0.25, -0.2) is 0 Å². The zero-order valence-corrected chi connectivity index (χ0v) is 13.0. The van der Waals surface area contributed by atoms with Crippen molar-refractivity contribution in [3.05, 3.63) is 53.9 Å². The fourth-order valence-electron chi connectivity index (χ4n) is 2.27. The third kappa shape index (κ3) is 3.37. The summed E-state index contributed by atoms with van der Waals surface area (Å²) in [5.74, 6) is -2.19. The van der Waals surface area contributed by atoms with E-state index in [9.17, 15) is 27.2 Å². The number of carbonyl (C=O) groups excluding carboxylic acids is 2. The molecule has 0 saturated carbocycles. The van der Waals surface area contributed by atoms with Gasteiger partial charge >= 0.3 is 12.2 Å². The van der Waals surface area contributed by atoms with Crippen LogP contribution in [0.4, 0.5) is 17.6 Å². The number of rotatable bonds is 5. The molecule has 0 saturated heterocycles. The van der Waals surface area contributed by atoms with Gasteiger partial charge in [0.25, 0.3) is 0 Å². The van der Waals surface area contributed by atoms with Crippen LogP contribution in [0.1, 0.15) is 33.7 Å². The molecular formula is C17H11F4NO4. The van der Waals surface area contributed by atoms with Crippen LogP contribution in [0.3, 0.4) is 0 Å². The summed E-state index contributed by atoms with van der Waals surface area (Å²) in [6, 6.07) is 7.71. The van der Waals surface area contributed by atoms with Crippen molar-refractivity contribution >= 4 is 11.6 Å². The van der Waals surface area contributed by atoms with E-state index in [1.54, 1.807) is 12.1 Å². The molecule has 1 aliphatic rings. The zero-order chi connectivity index (χ0) is 18.9. The van der Waals surface area contributed by atoms with E-state index in [1.165, 1.54) is 12.3 Å². The lowest BCUT2D eigenvalue weighted by molar-refractivity contribution is -0.391. The van der Waals surface area contributed by atoms with Gasteiger partial charge in [0.15, 0.2) is 23.1 Å². The number of alkyl halides is 4.